The highest BCUT2D eigenvalue weighted by atomic mass is 131. The quantitative estimate of drug-likeness (QED) is 0.458. The highest BCUT2D eigenvalue weighted by Gasteiger charge is 2.04. The first-order chi connectivity index (χ1) is 8.59. The Hall–Kier alpha value is -0.690. The fourth-order valence-electron chi connectivity index (χ4n) is 1.54. The minimum absolute atomic E-state index is 0.0356. The van der Waals surface area contributed by atoms with Gasteiger partial charge in [0.05, 0.1) is 5.56 Å². The summed E-state index contributed by atoms with van der Waals surface area (Å²) in [5.74, 6) is -0.0356. The van der Waals surface area contributed by atoms with Gasteiger partial charge >= 0.3 is 0 Å². The van der Waals surface area contributed by atoms with Gasteiger partial charge in [-0.25, -0.2) is 4.98 Å². The summed E-state index contributed by atoms with van der Waals surface area (Å²) in [5, 5.41) is 2.91. The van der Waals surface area contributed by atoms with E-state index in [2.05, 4.69) is 51.9 Å². The molecule has 100 valence electrons. The summed E-state index contributed by atoms with van der Waals surface area (Å²) in [6.07, 6.45) is 4.96. The summed E-state index contributed by atoms with van der Waals surface area (Å²) in [7, 11) is 4.15. The SMILES string of the molecule is CN(C)CCCCCNC(=O)c1ccc([131I])nc1. The first kappa shape index (κ1) is 15.4. The van der Waals surface area contributed by atoms with Crippen molar-refractivity contribution in [1.82, 2.24) is 15.2 Å². The van der Waals surface area contributed by atoms with Crippen molar-refractivity contribution >= 4 is 28.5 Å². The summed E-state index contributed by atoms with van der Waals surface area (Å²) in [6.45, 7) is 1.84. The zero-order valence-corrected chi connectivity index (χ0v) is 13.1. The van der Waals surface area contributed by atoms with Crippen LogP contribution in [0.4, 0.5) is 0 Å². The smallest absolute Gasteiger partial charge is 0.252 e. The van der Waals surface area contributed by atoms with Crippen LogP contribution < -0.4 is 5.32 Å². The van der Waals surface area contributed by atoms with Crippen LogP contribution in [0.3, 0.4) is 0 Å². The van der Waals surface area contributed by atoms with E-state index in [1.807, 2.05) is 6.07 Å². The van der Waals surface area contributed by atoms with Gasteiger partial charge in [-0.2, -0.15) is 0 Å². The predicted molar refractivity (Wildman–Crippen MR) is 81.7 cm³/mol. The topological polar surface area (TPSA) is 45.2 Å². The molecule has 0 saturated carbocycles. The van der Waals surface area contributed by atoms with Crippen molar-refractivity contribution in [3.8, 4) is 0 Å². The zero-order chi connectivity index (χ0) is 13.4. The fraction of sp³-hybridized carbons (Fsp3) is 0.538. The molecule has 0 atom stereocenters. The highest BCUT2D eigenvalue weighted by molar-refractivity contribution is 14.1. The summed E-state index contributed by atoms with van der Waals surface area (Å²) in [5.41, 5.74) is 0.628. The van der Waals surface area contributed by atoms with E-state index in [9.17, 15) is 4.79 Å². The van der Waals surface area contributed by atoms with Crippen molar-refractivity contribution in [2.45, 2.75) is 19.3 Å². The van der Waals surface area contributed by atoms with Crippen molar-refractivity contribution in [3.63, 3.8) is 0 Å². The fourth-order valence-corrected chi connectivity index (χ4v) is 1.86. The van der Waals surface area contributed by atoms with Gasteiger partial charge in [0.15, 0.2) is 0 Å². The van der Waals surface area contributed by atoms with Crippen molar-refractivity contribution < 1.29 is 4.79 Å². The lowest BCUT2D eigenvalue weighted by Crippen LogP contribution is -2.24. The monoisotopic (exact) mass is 365 g/mol. The van der Waals surface area contributed by atoms with Gasteiger partial charge in [-0.05, 0) is 68.2 Å². The second-order valence-corrected chi connectivity index (χ2v) is 5.59. The molecule has 18 heavy (non-hydrogen) atoms. The van der Waals surface area contributed by atoms with Crippen LogP contribution in [0.1, 0.15) is 29.6 Å². The van der Waals surface area contributed by atoms with Crippen molar-refractivity contribution in [2.24, 2.45) is 0 Å². The number of nitrogens with zero attached hydrogens (tertiary/aromatic N) is 2. The third-order valence-corrected chi connectivity index (χ3v) is 3.20. The molecule has 0 aromatic carbocycles. The normalized spacial score (nSPS) is 10.7. The zero-order valence-electron chi connectivity index (χ0n) is 10.9. The van der Waals surface area contributed by atoms with Crippen molar-refractivity contribution in [2.75, 3.05) is 27.2 Å². The molecule has 1 heterocycles. The van der Waals surface area contributed by atoms with E-state index in [-0.39, 0.29) is 5.91 Å². The molecule has 1 amide bonds. The van der Waals surface area contributed by atoms with E-state index in [4.69, 9.17) is 0 Å². The predicted octanol–water partition coefficient (Wildman–Crippen LogP) is 2.15. The second-order valence-electron chi connectivity index (χ2n) is 4.49. The third-order valence-electron chi connectivity index (χ3n) is 2.56. The van der Waals surface area contributed by atoms with E-state index in [0.717, 1.165) is 29.6 Å². The molecule has 5 heteroatoms. The number of unbranched alkanes of at least 4 members (excludes halogenated alkanes) is 2. The van der Waals surface area contributed by atoms with E-state index in [1.165, 1.54) is 6.42 Å². The molecule has 0 aliphatic carbocycles. The Balaban J connectivity index is 2.16. The van der Waals surface area contributed by atoms with Crippen LogP contribution in [0.15, 0.2) is 18.3 Å². The van der Waals surface area contributed by atoms with Gasteiger partial charge in [-0.15, -0.1) is 0 Å². The largest absolute Gasteiger partial charge is 0.352 e. The summed E-state index contributed by atoms with van der Waals surface area (Å²) < 4.78 is 0.896. The molecule has 1 aromatic heterocycles. The molecule has 1 aromatic rings. The van der Waals surface area contributed by atoms with Gasteiger partial charge in [0.1, 0.15) is 3.70 Å². The van der Waals surface area contributed by atoms with Crippen LogP contribution in [0.25, 0.3) is 0 Å². The molecular weight excluding hydrogens is 345 g/mol. The van der Waals surface area contributed by atoms with Gasteiger partial charge in [-0.3, -0.25) is 4.79 Å². The molecule has 0 bridgehead atoms. The van der Waals surface area contributed by atoms with Crippen LogP contribution >= 0.6 is 22.6 Å². The maximum Gasteiger partial charge on any atom is 0.252 e. The van der Waals surface area contributed by atoms with Crippen molar-refractivity contribution in [3.05, 3.63) is 27.6 Å². The minimum Gasteiger partial charge on any atom is -0.352 e. The Morgan fingerprint density at radius 3 is 2.72 bits per heavy atom. The Kier molecular flexibility index (Phi) is 7.19. The molecule has 1 N–H and O–H groups in total. The van der Waals surface area contributed by atoms with Crippen molar-refractivity contribution in [1.29, 1.82) is 0 Å². The molecule has 0 fully saturated rings. The Morgan fingerprint density at radius 2 is 2.11 bits per heavy atom. The van der Waals surface area contributed by atoms with E-state index in [1.54, 1.807) is 12.3 Å². The number of hydrogen-bond donors (Lipinski definition) is 1. The number of amides is 1. The van der Waals surface area contributed by atoms with Gasteiger partial charge in [0.25, 0.3) is 5.91 Å². The lowest BCUT2D eigenvalue weighted by atomic mass is 10.2. The molecular formula is C13H20IN3O. The number of pyridine rings is 1. The van der Waals surface area contributed by atoms with E-state index < -0.39 is 0 Å². The molecule has 0 aliphatic rings. The first-order valence-corrected chi connectivity index (χ1v) is 7.22. The molecule has 0 aliphatic heterocycles. The standard InChI is InChI=1S/C13H20IN3O/c1-17(2)9-5-3-4-8-15-13(18)11-6-7-12(14)16-10-11/h6-7,10H,3-5,8-9H2,1-2H3,(H,15,18)/i14+4. The summed E-state index contributed by atoms with van der Waals surface area (Å²) >= 11 is 2.12. The summed E-state index contributed by atoms with van der Waals surface area (Å²) in [4.78, 5) is 18.0. The molecule has 0 saturated heterocycles. The van der Waals surface area contributed by atoms with Crippen LogP contribution in [0.2, 0.25) is 0 Å². The maximum absolute atomic E-state index is 11.7. The second kappa shape index (κ2) is 8.42. The van der Waals surface area contributed by atoms with E-state index >= 15 is 0 Å². The van der Waals surface area contributed by atoms with Crippen LogP contribution in [0, 0.1) is 3.70 Å². The van der Waals surface area contributed by atoms with Crippen LogP contribution in [-0.4, -0.2) is 43.0 Å². The number of carbonyl (C=O) groups excluding carboxylic acids is 1. The number of carbonyl (C=O) groups is 1. The maximum atomic E-state index is 11.7. The van der Waals surface area contributed by atoms with Crippen LogP contribution in [-0.2, 0) is 0 Å². The minimum atomic E-state index is -0.0356. The Bertz CT molecular complexity index is 365. The number of halogens is 1. The molecule has 1 rings (SSSR count). The Labute approximate surface area is 122 Å². The van der Waals surface area contributed by atoms with Gasteiger partial charge < -0.3 is 10.2 Å². The molecule has 4 nitrogen and oxygen atoms in total. The Morgan fingerprint density at radius 1 is 1.33 bits per heavy atom. The highest BCUT2D eigenvalue weighted by Crippen LogP contribution is 2.03. The summed E-state index contributed by atoms with van der Waals surface area (Å²) in [6, 6.07) is 3.64. The first-order valence-electron chi connectivity index (χ1n) is 6.14. The van der Waals surface area contributed by atoms with Gasteiger partial charge in [0.2, 0.25) is 0 Å². The lowest BCUT2D eigenvalue weighted by Gasteiger charge is -2.09. The number of hydrogen-bond acceptors (Lipinski definition) is 3. The molecule has 0 unspecified atom stereocenters. The van der Waals surface area contributed by atoms with Gasteiger partial charge in [-0.1, -0.05) is 6.42 Å². The van der Waals surface area contributed by atoms with E-state index in [0.29, 0.717) is 5.56 Å². The number of rotatable bonds is 7. The average Bonchev–Trinajstić information content (AvgIpc) is 2.34. The van der Waals surface area contributed by atoms with Gasteiger partial charge in [0, 0.05) is 12.7 Å². The van der Waals surface area contributed by atoms with Crippen LogP contribution in [0.5, 0.6) is 0 Å². The number of aromatic nitrogens is 1. The average molecular weight is 365 g/mol. The molecule has 0 spiro atoms. The number of nitrogens with one attached hydrogen (secondary N) is 1. The molecule has 0 radical (unpaired) electrons. The third kappa shape index (κ3) is 6.30. The lowest BCUT2D eigenvalue weighted by molar-refractivity contribution is 0.0952.